The summed E-state index contributed by atoms with van der Waals surface area (Å²) in [4.78, 5) is 12.2. The predicted molar refractivity (Wildman–Crippen MR) is 76.0 cm³/mol. The molecule has 0 aromatic rings. The minimum atomic E-state index is -0.145. The summed E-state index contributed by atoms with van der Waals surface area (Å²) in [6.07, 6.45) is 7.45. The minimum absolute atomic E-state index is 0.131. The van der Waals surface area contributed by atoms with E-state index in [4.69, 9.17) is 10.5 Å². The molecule has 0 bridgehead atoms. The fraction of sp³-hybridized carbons (Fsp3) is 0.625. The maximum Gasteiger partial charge on any atom is 0.204 e. The number of Topliss-reactive ketones (excluding diaryl/α,β-unsaturated/α-hetero) is 1. The van der Waals surface area contributed by atoms with Gasteiger partial charge in [0.25, 0.3) is 0 Å². The van der Waals surface area contributed by atoms with Gasteiger partial charge in [-0.3, -0.25) is 4.79 Å². The molecule has 1 aliphatic carbocycles. The molecule has 2 aliphatic rings. The Morgan fingerprint density at radius 2 is 2.15 bits per heavy atom. The molecule has 0 saturated heterocycles. The fourth-order valence-electron chi connectivity index (χ4n) is 3.03. The summed E-state index contributed by atoms with van der Waals surface area (Å²) >= 11 is 0. The largest absolute Gasteiger partial charge is 0.444 e. The summed E-state index contributed by atoms with van der Waals surface area (Å²) in [5.74, 6) is 0.889. The zero-order valence-corrected chi connectivity index (χ0v) is 12.1. The summed E-state index contributed by atoms with van der Waals surface area (Å²) in [7, 11) is 0. The van der Waals surface area contributed by atoms with E-state index >= 15 is 0 Å². The Kier molecular flexibility index (Phi) is 4.84. The van der Waals surface area contributed by atoms with Crippen LogP contribution >= 0.6 is 0 Å². The lowest BCUT2D eigenvalue weighted by Gasteiger charge is -2.30. The van der Waals surface area contributed by atoms with Gasteiger partial charge in [-0.15, -0.1) is 0 Å². The SMILES string of the molecule is CCCCCC[C@H]1C(C#N)=C(N)OC2=C1C(=O)CCC2. The first-order valence-corrected chi connectivity index (χ1v) is 7.52. The van der Waals surface area contributed by atoms with Gasteiger partial charge >= 0.3 is 0 Å². The smallest absolute Gasteiger partial charge is 0.204 e. The molecule has 0 spiro atoms. The number of nitrogens with two attached hydrogens (primary N) is 1. The highest BCUT2D eigenvalue weighted by Crippen LogP contribution is 2.39. The molecule has 1 heterocycles. The van der Waals surface area contributed by atoms with Crippen molar-refractivity contribution >= 4 is 5.78 Å². The van der Waals surface area contributed by atoms with Crippen LogP contribution in [-0.4, -0.2) is 5.78 Å². The van der Waals surface area contributed by atoms with E-state index in [2.05, 4.69) is 13.0 Å². The minimum Gasteiger partial charge on any atom is -0.444 e. The fourth-order valence-corrected chi connectivity index (χ4v) is 3.03. The van der Waals surface area contributed by atoms with Crippen molar-refractivity contribution in [2.45, 2.75) is 58.3 Å². The van der Waals surface area contributed by atoms with Gasteiger partial charge < -0.3 is 10.5 Å². The summed E-state index contributed by atoms with van der Waals surface area (Å²) in [5, 5.41) is 9.31. The van der Waals surface area contributed by atoms with E-state index in [0.717, 1.165) is 37.7 Å². The van der Waals surface area contributed by atoms with Crippen LogP contribution in [0.2, 0.25) is 0 Å². The zero-order chi connectivity index (χ0) is 14.5. The Morgan fingerprint density at radius 3 is 2.85 bits per heavy atom. The van der Waals surface area contributed by atoms with Crippen molar-refractivity contribution in [2.75, 3.05) is 0 Å². The molecule has 4 heteroatoms. The summed E-state index contributed by atoms with van der Waals surface area (Å²) in [6.45, 7) is 2.17. The molecule has 0 radical (unpaired) electrons. The number of nitriles is 1. The van der Waals surface area contributed by atoms with E-state index in [9.17, 15) is 10.1 Å². The number of nitrogens with zero attached hydrogens (tertiary/aromatic N) is 1. The normalized spacial score (nSPS) is 22.4. The molecule has 20 heavy (non-hydrogen) atoms. The van der Waals surface area contributed by atoms with Crippen LogP contribution in [-0.2, 0) is 9.53 Å². The van der Waals surface area contributed by atoms with Crippen LogP contribution in [0.25, 0.3) is 0 Å². The lowest BCUT2D eigenvalue weighted by Crippen LogP contribution is -2.28. The second-order valence-electron chi connectivity index (χ2n) is 5.51. The van der Waals surface area contributed by atoms with Crippen LogP contribution in [0.4, 0.5) is 0 Å². The lowest BCUT2D eigenvalue weighted by molar-refractivity contribution is -0.117. The highest BCUT2D eigenvalue weighted by Gasteiger charge is 2.36. The van der Waals surface area contributed by atoms with E-state index in [1.54, 1.807) is 0 Å². The number of carbonyl (C=O) groups is 1. The molecule has 0 saturated carbocycles. The third-order valence-electron chi connectivity index (χ3n) is 4.07. The Balaban J connectivity index is 2.20. The standard InChI is InChI=1S/C16H22N2O2/c1-2-3-4-5-7-11-12(10-17)16(18)20-14-9-6-8-13(19)15(11)14/h11H,2-9,18H2,1H3/t11-/m0/s1. The van der Waals surface area contributed by atoms with E-state index in [0.29, 0.717) is 17.8 Å². The quantitative estimate of drug-likeness (QED) is 0.780. The maximum atomic E-state index is 12.2. The highest BCUT2D eigenvalue weighted by molar-refractivity contribution is 5.98. The number of hydrogen-bond donors (Lipinski definition) is 1. The molecule has 1 atom stereocenters. The first kappa shape index (κ1) is 14.6. The Hall–Kier alpha value is -1.76. The van der Waals surface area contributed by atoms with Gasteiger partial charge in [0, 0.05) is 24.3 Å². The zero-order valence-electron chi connectivity index (χ0n) is 12.1. The van der Waals surface area contributed by atoms with E-state index in [1.165, 1.54) is 12.8 Å². The van der Waals surface area contributed by atoms with Gasteiger partial charge in [-0.25, -0.2) is 0 Å². The van der Waals surface area contributed by atoms with Crippen LogP contribution in [0.5, 0.6) is 0 Å². The van der Waals surface area contributed by atoms with Crippen molar-refractivity contribution in [3.63, 3.8) is 0 Å². The number of hydrogen-bond acceptors (Lipinski definition) is 4. The lowest BCUT2D eigenvalue weighted by atomic mass is 9.79. The molecule has 4 nitrogen and oxygen atoms in total. The first-order valence-electron chi connectivity index (χ1n) is 7.52. The molecule has 2 N–H and O–H groups in total. The van der Waals surface area contributed by atoms with Crippen LogP contribution in [0.3, 0.4) is 0 Å². The third-order valence-corrected chi connectivity index (χ3v) is 4.07. The number of carbonyl (C=O) groups excluding carboxylic acids is 1. The van der Waals surface area contributed by atoms with E-state index < -0.39 is 0 Å². The molecule has 1 aliphatic heterocycles. The number of rotatable bonds is 5. The van der Waals surface area contributed by atoms with Crippen LogP contribution in [0, 0.1) is 17.2 Å². The summed E-state index contributed by atoms with van der Waals surface area (Å²) in [5.41, 5.74) is 7.01. The number of ether oxygens (including phenoxy) is 1. The summed E-state index contributed by atoms with van der Waals surface area (Å²) < 4.78 is 5.52. The van der Waals surface area contributed by atoms with Gasteiger partial charge in [-0.05, 0) is 12.8 Å². The highest BCUT2D eigenvalue weighted by atomic mass is 16.5. The van der Waals surface area contributed by atoms with Gasteiger partial charge in [0.05, 0.1) is 5.57 Å². The molecular formula is C16H22N2O2. The van der Waals surface area contributed by atoms with Crippen molar-refractivity contribution < 1.29 is 9.53 Å². The summed E-state index contributed by atoms with van der Waals surface area (Å²) in [6, 6.07) is 2.14. The van der Waals surface area contributed by atoms with Crippen molar-refractivity contribution in [3.8, 4) is 6.07 Å². The van der Waals surface area contributed by atoms with Crippen molar-refractivity contribution in [1.82, 2.24) is 0 Å². The average molecular weight is 274 g/mol. The van der Waals surface area contributed by atoms with Crippen LogP contribution < -0.4 is 5.73 Å². The second-order valence-corrected chi connectivity index (χ2v) is 5.51. The maximum absolute atomic E-state index is 12.2. The molecule has 2 rings (SSSR count). The van der Waals surface area contributed by atoms with Crippen LogP contribution in [0.1, 0.15) is 58.3 Å². The molecule has 0 amide bonds. The number of allylic oxidation sites excluding steroid dienone is 3. The van der Waals surface area contributed by atoms with Crippen molar-refractivity contribution in [2.24, 2.45) is 11.7 Å². The van der Waals surface area contributed by atoms with Crippen molar-refractivity contribution in [3.05, 3.63) is 22.8 Å². The van der Waals surface area contributed by atoms with Gasteiger partial charge in [-0.1, -0.05) is 32.6 Å². The van der Waals surface area contributed by atoms with E-state index in [-0.39, 0.29) is 17.6 Å². The van der Waals surface area contributed by atoms with Crippen molar-refractivity contribution in [1.29, 1.82) is 5.26 Å². The predicted octanol–water partition coefficient (Wildman–Crippen LogP) is 3.30. The van der Waals surface area contributed by atoms with Gasteiger partial charge in [0.1, 0.15) is 11.8 Å². The number of unbranched alkanes of at least 4 members (excludes halogenated alkanes) is 3. The molecule has 0 aromatic heterocycles. The Morgan fingerprint density at radius 1 is 1.35 bits per heavy atom. The third kappa shape index (κ3) is 2.87. The molecule has 0 fully saturated rings. The number of ketones is 1. The van der Waals surface area contributed by atoms with Gasteiger partial charge in [0.15, 0.2) is 5.78 Å². The van der Waals surface area contributed by atoms with Crippen LogP contribution in [0.15, 0.2) is 22.8 Å². The van der Waals surface area contributed by atoms with E-state index in [1.807, 2.05) is 0 Å². The van der Waals surface area contributed by atoms with Gasteiger partial charge in [-0.2, -0.15) is 5.26 Å². The van der Waals surface area contributed by atoms with Gasteiger partial charge in [0.2, 0.25) is 5.88 Å². The Labute approximate surface area is 120 Å². The molecular weight excluding hydrogens is 252 g/mol. The average Bonchev–Trinajstić information content (AvgIpc) is 2.43. The second kappa shape index (κ2) is 6.60. The topological polar surface area (TPSA) is 76.1 Å². The Bertz CT molecular complexity index is 497. The first-order chi connectivity index (χ1) is 9.69. The molecule has 0 unspecified atom stereocenters. The monoisotopic (exact) mass is 274 g/mol. The molecule has 108 valence electrons. The molecule has 0 aromatic carbocycles.